The molecule has 6 heteroatoms. The lowest BCUT2D eigenvalue weighted by Crippen LogP contribution is -2.09. The van der Waals surface area contributed by atoms with Crippen LogP contribution in [0.1, 0.15) is 5.56 Å². The van der Waals surface area contributed by atoms with E-state index in [1.54, 1.807) is 0 Å². The predicted molar refractivity (Wildman–Crippen MR) is 53.5 cm³/mol. The SMILES string of the molecule is O=c1[nH]cc([N+](=O)[O-])cc1C=CCCl. The lowest BCUT2D eigenvalue weighted by atomic mass is 10.2. The van der Waals surface area contributed by atoms with E-state index in [-0.39, 0.29) is 22.7 Å². The Hall–Kier alpha value is -1.62. The van der Waals surface area contributed by atoms with Crippen molar-refractivity contribution in [2.45, 2.75) is 0 Å². The van der Waals surface area contributed by atoms with E-state index in [2.05, 4.69) is 4.98 Å². The molecule has 0 fully saturated rings. The summed E-state index contributed by atoms with van der Waals surface area (Å²) in [4.78, 5) is 23.2. The molecule has 0 aliphatic carbocycles. The Balaban J connectivity index is 3.15. The Labute approximate surface area is 84.2 Å². The highest BCUT2D eigenvalue weighted by atomic mass is 35.5. The van der Waals surface area contributed by atoms with E-state index in [1.165, 1.54) is 18.2 Å². The van der Waals surface area contributed by atoms with Crippen LogP contribution in [0.5, 0.6) is 0 Å². The molecule has 0 aliphatic rings. The van der Waals surface area contributed by atoms with Crippen LogP contribution in [0.3, 0.4) is 0 Å². The molecule has 0 saturated carbocycles. The first-order valence-corrected chi connectivity index (χ1v) is 4.28. The highest BCUT2D eigenvalue weighted by Gasteiger charge is 2.06. The van der Waals surface area contributed by atoms with Crippen LogP contribution >= 0.6 is 11.6 Å². The van der Waals surface area contributed by atoms with Gasteiger partial charge in [-0.1, -0.05) is 12.2 Å². The molecule has 74 valence electrons. The summed E-state index contributed by atoms with van der Waals surface area (Å²) in [6, 6.07) is 1.20. The van der Waals surface area contributed by atoms with Gasteiger partial charge in [-0.15, -0.1) is 11.6 Å². The summed E-state index contributed by atoms with van der Waals surface area (Å²) < 4.78 is 0. The highest BCUT2D eigenvalue weighted by Crippen LogP contribution is 2.08. The van der Waals surface area contributed by atoms with Crippen molar-refractivity contribution in [3.8, 4) is 0 Å². The van der Waals surface area contributed by atoms with E-state index in [0.717, 1.165) is 6.20 Å². The molecule has 0 bridgehead atoms. The zero-order valence-electron chi connectivity index (χ0n) is 7.07. The van der Waals surface area contributed by atoms with Crippen molar-refractivity contribution in [3.05, 3.63) is 44.4 Å². The number of nitrogens with zero attached hydrogens (tertiary/aromatic N) is 1. The van der Waals surface area contributed by atoms with Crippen molar-refractivity contribution in [3.63, 3.8) is 0 Å². The third-order valence-corrected chi connectivity index (χ3v) is 1.69. The van der Waals surface area contributed by atoms with Gasteiger partial charge in [0.15, 0.2) is 0 Å². The standard InChI is InChI=1S/C8H7ClN2O3/c9-3-1-2-6-4-7(11(13)14)5-10-8(6)12/h1-2,4-5H,3H2,(H,10,12). The van der Waals surface area contributed by atoms with Gasteiger partial charge in [0.05, 0.1) is 11.1 Å². The minimum absolute atomic E-state index is 0.154. The smallest absolute Gasteiger partial charge is 0.286 e. The minimum atomic E-state index is -0.575. The summed E-state index contributed by atoms with van der Waals surface area (Å²) in [6.07, 6.45) is 4.04. The fourth-order valence-electron chi connectivity index (χ4n) is 0.890. The number of allylic oxidation sites excluding steroid dienone is 1. The number of nitrogens with one attached hydrogen (secondary N) is 1. The van der Waals surface area contributed by atoms with Gasteiger partial charge in [0, 0.05) is 17.5 Å². The largest absolute Gasteiger partial charge is 0.322 e. The molecule has 14 heavy (non-hydrogen) atoms. The fourth-order valence-corrected chi connectivity index (χ4v) is 0.979. The predicted octanol–water partition coefficient (Wildman–Crippen LogP) is 1.54. The van der Waals surface area contributed by atoms with Gasteiger partial charge in [0.2, 0.25) is 0 Å². The number of hydrogen-bond donors (Lipinski definition) is 1. The van der Waals surface area contributed by atoms with Crippen LogP contribution in [0.2, 0.25) is 0 Å². The van der Waals surface area contributed by atoms with Crippen LogP contribution in [0.4, 0.5) is 5.69 Å². The molecule has 5 nitrogen and oxygen atoms in total. The van der Waals surface area contributed by atoms with E-state index < -0.39 is 4.92 Å². The molecule has 0 saturated heterocycles. The Kier molecular flexibility index (Phi) is 3.41. The summed E-state index contributed by atoms with van der Waals surface area (Å²) in [5.41, 5.74) is -0.310. The number of hydrogen-bond acceptors (Lipinski definition) is 3. The zero-order valence-corrected chi connectivity index (χ0v) is 7.82. The monoisotopic (exact) mass is 214 g/mol. The van der Waals surface area contributed by atoms with Crippen molar-refractivity contribution in [2.75, 3.05) is 5.88 Å². The summed E-state index contributed by atoms with van der Waals surface area (Å²) in [5.74, 6) is 0.252. The number of halogens is 1. The van der Waals surface area contributed by atoms with Gasteiger partial charge < -0.3 is 4.98 Å². The van der Waals surface area contributed by atoms with Crippen molar-refractivity contribution < 1.29 is 4.92 Å². The van der Waals surface area contributed by atoms with Crippen LogP contribution in [0.15, 0.2) is 23.1 Å². The molecule has 0 aromatic carbocycles. The lowest BCUT2D eigenvalue weighted by molar-refractivity contribution is -0.385. The number of H-pyrrole nitrogens is 1. The van der Waals surface area contributed by atoms with Crippen molar-refractivity contribution in [1.82, 2.24) is 4.98 Å². The average Bonchev–Trinajstić information content (AvgIpc) is 2.16. The highest BCUT2D eigenvalue weighted by molar-refractivity contribution is 6.19. The molecule has 0 amide bonds. The van der Waals surface area contributed by atoms with E-state index in [9.17, 15) is 14.9 Å². The molecular weight excluding hydrogens is 208 g/mol. The second-order valence-electron chi connectivity index (χ2n) is 2.46. The Morgan fingerprint density at radius 2 is 2.36 bits per heavy atom. The summed E-state index contributed by atoms with van der Waals surface area (Å²) in [7, 11) is 0. The minimum Gasteiger partial charge on any atom is -0.322 e. The van der Waals surface area contributed by atoms with E-state index in [0.29, 0.717) is 0 Å². The van der Waals surface area contributed by atoms with Gasteiger partial charge >= 0.3 is 0 Å². The number of aromatic amines is 1. The third-order valence-electron chi connectivity index (χ3n) is 1.51. The summed E-state index contributed by atoms with van der Waals surface area (Å²) in [6.45, 7) is 0. The van der Waals surface area contributed by atoms with E-state index >= 15 is 0 Å². The number of rotatable bonds is 3. The summed E-state index contributed by atoms with van der Waals surface area (Å²) in [5, 5.41) is 10.4. The topological polar surface area (TPSA) is 76.0 Å². The maximum atomic E-state index is 11.1. The molecule has 0 aliphatic heterocycles. The van der Waals surface area contributed by atoms with Crippen LogP contribution in [-0.4, -0.2) is 15.8 Å². The van der Waals surface area contributed by atoms with Crippen LogP contribution in [0, 0.1) is 10.1 Å². The van der Waals surface area contributed by atoms with Crippen molar-refractivity contribution >= 4 is 23.4 Å². The normalized spacial score (nSPS) is 10.6. The molecule has 0 unspecified atom stereocenters. The summed E-state index contributed by atoms with van der Waals surface area (Å²) >= 11 is 5.37. The van der Waals surface area contributed by atoms with E-state index in [1.807, 2.05) is 0 Å². The molecule has 0 radical (unpaired) electrons. The molecule has 0 atom stereocenters. The Morgan fingerprint density at radius 3 is 2.93 bits per heavy atom. The van der Waals surface area contributed by atoms with Crippen molar-refractivity contribution in [2.24, 2.45) is 0 Å². The first kappa shape index (κ1) is 10.5. The molecule has 1 aromatic rings. The first-order chi connectivity index (χ1) is 6.65. The quantitative estimate of drug-likeness (QED) is 0.471. The number of pyridine rings is 1. The van der Waals surface area contributed by atoms with Gasteiger partial charge in [-0.05, 0) is 0 Å². The third kappa shape index (κ3) is 2.43. The molecule has 0 spiro atoms. The van der Waals surface area contributed by atoms with Gasteiger partial charge in [-0.2, -0.15) is 0 Å². The van der Waals surface area contributed by atoms with Crippen LogP contribution < -0.4 is 5.56 Å². The van der Waals surface area contributed by atoms with Gasteiger partial charge in [-0.25, -0.2) is 0 Å². The molecule has 1 heterocycles. The first-order valence-electron chi connectivity index (χ1n) is 3.75. The van der Waals surface area contributed by atoms with Gasteiger partial charge in [-0.3, -0.25) is 14.9 Å². The fraction of sp³-hybridized carbons (Fsp3) is 0.125. The molecular formula is C8H7ClN2O3. The Bertz CT molecular complexity index is 425. The zero-order chi connectivity index (χ0) is 10.6. The maximum Gasteiger partial charge on any atom is 0.286 e. The molecule has 1 aromatic heterocycles. The number of alkyl halides is 1. The lowest BCUT2D eigenvalue weighted by Gasteiger charge is -1.92. The van der Waals surface area contributed by atoms with Crippen molar-refractivity contribution in [1.29, 1.82) is 0 Å². The second-order valence-corrected chi connectivity index (χ2v) is 2.76. The van der Waals surface area contributed by atoms with Crippen LogP contribution in [-0.2, 0) is 0 Å². The maximum absolute atomic E-state index is 11.1. The second kappa shape index (κ2) is 4.57. The number of nitro groups is 1. The van der Waals surface area contributed by atoms with E-state index in [4.69, 9.17) is 11.6 Å². The average molecular weight is 215 g/mol. The number of aromatic nitrogens is 1. The van der Waals surface area contributed by atoms with Gasteiger partial charge in [0.25, 0.3) is 11.2 Å². The molecule has 1 N–H and O–H groups in total. The van der Waals surface area contributed by atoms with Crippen LogP contribution in [0.25, 0.3) is 6.08 Å². The molecule has 1 rings (SSSR count). The van der Waals surface area contributed by atoms with Gasteiger partial charge in [0.1, 0.15) is 0 Å². The Morgan fingerprint density at radius 1 is 1.64 bits per heavy atom.